The number of rotatable bonds is 6. The predicted octanol–water partition coefficient (Wildman–Crippen LogP) is 4.16. The van der Waals surface area contributed by atoms with E-state index in [-0.39, 0.29) is 0 Å². The fourth-order valence-corrected chi connectivity index (χ4v) is 4.42. The van der Waals surface area contributed by atoms with Gasteiger partial charge >= 0.3 is 0 Å². The van der Waals surface area contributed by atoms with Gasteiger partial charge in [-0.05, 0) is 50.2 Å². The zero-order valence-electron chi connectivity index (χ0n) is 13.4. The van der Waals surface area contributed by atoms with Crippen molar-refractivity contribution in [1.29, 1.82) is 0 Å². The average Bonchev–Trinajstić information content (AvgIpc) is 2.92. The molecule has 0 aliphatic heterocycles. The lowest BCUT2D eigenvalue weighted by molar-refractivity contribution is 0.189. The molecular weight excluding hydrogens is 264 g/mol. The zero-order chi connectivity index (χ0) is 14.5. The molecular formula is C17H30N2S. The minimum absolute atomic E-state index is 0.504. The Morgan fingerprint density at radius 3 is 2.65 bits per heavy atom. The van der Waals surface area contributed by atoms with Crippen molar-refractivity contribution in [3.63, 3.8) is 0 Å². The van der Waals surface area contributed by atoms with E-state index >= 15 is 0 Å². The van der Waals surface area contributed by atoms with E-state index in [1.54, 1.807) is 0 Å². The van der Waals surface area contributed by atoms with Crippen LogP contribution in [0.15, 0.2) is 17.5 Å². The minimum atomic E-state index is 0.504. The standard InChI is InChI=1S/C17H30N2S/c1-13(2)14-8-5-6-9-15(14)18-12-16(19(3)4)17-10-7-11-20-17/h7,10-11,13-16,18H,5-6,8-9,12H2,1-4H3. The third-order valence-corrected chi connectivity index (χ3v) is 5.72. The smallest absolute Gasteiger partial charge is 0.0561 e. The van der Waals surface area contributed by atoms with Crippen molar-refractivity contribution < 1.29 is 0 Å². The van der Waals surface area contributed by atoms with Gasteiger partial charge in [0.2, 0.25) is 0 Å². The summed E-state index contributed by atoms with van der Waals surface area (Å²) >= 11 is 1.87. The lowest BCUT2D eigenvalue weighted by Gasteiger charge is -2.36. The lowest BCUT2D eigenvalue weighted by Crippen LogP contribution is -2.44. The minimum Gasteiger partial charge on any atom is -0.312 e. The van der Waals surface area contributed by atoms with Crippen LogP contribution in [0.25, 0.3) is 0 Å². The summed E-state index contributed by atoms with van der Waals surface area (Å²) in [5.41, 5.74) is 0. The van der Waals surface area contributed by atoms with Crippen molar-refractivity contribution in [2.45, 2.75) is 51.6 Å². The second-order valence-electron chi connectivity index (χ2n) is 6.70. The van der Waals surface area contributed by atoms with Crippen LogP contribution in [0, 0.1) is 11.8 Å². The van der Waals surface area contributed by atoms with Crippen LogP contribution in [0.4, 0.5) is 0 Å². The van der Waals surface area contributed by atoms with Gasteiger partial charge in [0, 0.05) is 17.5 Å². The van der Waals surface area contributed by atoms with Gasteiger partial charge in [-0.15, -0.1) is 11.3 Å². The molecule has 1 aliphatic rings. The van der Waals surface area contributed by atoms with Crippen molar-refractivity contribution in [2.75, 3.05) is 20.6 Å². The summed E-state index contributed by atoms with van der Waals surface area (Å²) in [7, 11) is 4.37. The highest BCUT2D eigenvalue weighted by Crippen LogP contribution is 2.31. The third kappa shape index (κ3) is 4.06. The molecule has 1 saturated carbocycles. The van der Waals surface area contributed by atoms with Crippen LogP contribution in [0.5, 0.6) is 0 Å². The summed E-state index contributed by atoms with van der Waals surface area (Å²) in [5, 5.41) is 6.07. The molecule has 0 radical (unpaired) electrons. The van der Waals surface area contributed by atoms with E-state index in [1.165, 1.54) is 30.6 Å². The topological polar surface area (TPSA) is 15.3 Å². The lowest BCUT2D eigenvalue weighted by atomic mass is 9.78. The van der Waals surface area contributed by atoms with Crippen LogP contribution in [0.3, 0.4) is 0 Å². The monoisotopic (exact) mass is 294 g/mol. The summed E-state index contributed by atoms with van der Waals surface area (Å²) in [4.78, 5) is 3.81. The predicted molar refractivity (Wildman–Crippen MR) is 89.3 cm³/mol. The molecule has 0 saturated heterocycles. The fourth-order valence-electron chi connectivity index (χ4n) is 3.49. The maximum atomic E-state index is 3.89. The molecule has 0 aromatic carbocycles. The van der Waals surface area contributed by atoms with Gasteiger partial charge in [-0.3, -0.25) is 0 Å². The summed E-state index contributed by atoms with van der Waals surface area (Å²) in [5.74, 6) is 1.65. The molecule has 3 atom stereocenters. The Morgan fingerprint density at radius 2 is 2.05 bits per heavy atom. The third-order valence-electron chi connectivity index (χ3n) is 4.74. The first-order valence-electron chi connectivity index (χ1n) is 8.02. The number of nitrogens with one attached hydrogen (secondary N) is 1. The van der Waals surface area contributed by atoms with Crippen LogP contribution >= 0.6 is 11.3 Å². The van der Waals surface area contributed by atoms with Crippen LogP contribution in [0.1, 0.15) is 50.4 Å². The van der Waals surface area contributed by atoms with Crippen molar-refractivity contribution in [2.24, 2.45) is 11.8 Å². The van der Waals surface area contributed by atoms with Gasteiger partial charge in [0.15, 0.2) is 0 Å². The quantitative estimate of drug-likeness (QED) is 0.847. The molecule has 0 amide bonds. The molecule has 2 rings (SSSR count). The van der Waals surface area contributed by atoms with Gasteiger partial charge in [0.05, 0.1) is 6.04 Å². The Bertz CT molecular complexity index is 372. The normalized spacial score (nSPS) is 25.3. The Kier molecular flexibility index (Phi) is 6.06. The van der Waals surface area contributed by atoms with Crippen LogP contribution in [0.2, 0.25) is 0 Å². The second-order valence-corrected chi connectivity index (χ2v) is 7.68. The molecule has 1 N–H and O–H groups in total. The summed E-state index contributed by atoms with van der Waals surface area (Å²) in [6.45, 7) is 5.84. The fraction of sp³-hybridized carbons (Fsp3) is 0.765. The Labute approximate surface area is 128 Å². The Hall–Kier alpha value is -0.380. The summed E-state index contributed by atoms with van der Waals surface area (Å²) < 4.78 is 0. The van der Waals surface area contributed by atoms with E-state index in [0.717, 1.165) is 18.4 Å². The molecule has 3 heteroatoms. The molecule has 2 nitrogen and oxygen atoms in total. The molecule has 114 valence electrons. The summed E-state index contributed by atoms with van der Waals surface area (Å²) in [6.07, 6.45) is 5.57. The molecule has 1 heterocycles. The van der Waals surface area contributed by atoms with E-state index in [9.17, 15) is 0 Å². The Morgan fingerprint density at radius 1 is 1.30 bits per heavy atom. The van der Waals surface area contributed by atoms with Crippen molar-refractivity contribution in [1.82, 2.24) is 10.2 Å². The first kappa shape index (κ1) is 16.0. The van der Waals surface area contributed by atoms with Crippen LogP contribution < -0.4 is 5.32 Å². The molecule has 0 bridgehead atoms. The molecule has 3 unspecified atom stereocenters. The number of nitrogens with zero attached hydrogens (tertiary/aromatic N) is 1. The van der Waals surface area contributed by atoms with Gasteiger partial charge in [0.1, 0.15) is 0 Å². The van der Waals surface area contributed by atoms with Crippen LogP contribution in [-0.4, -0.2) is 31.6 Å². The molecule has 20 heavy (non-hydrogen) atoms. The van der Waals surface area contributed by atoms with Crippen molar-refractivity contribution in [3.05, 3.63) is 22.4 Å². The van der Waals surface area contributed by atoms with Gasteiger partial charge < -0.3 is 10.2 Å². The first-order valence-corrected chi connectivity index (χ1v) is 8.90. The zero-order valence-corrected chi connectivity index (χ0v) is 14.2. The van der Waals surface area contributed by atoms with Crippen molar-refractivity contribution in [3.8, 4) is 0 Å². The highest BCUT2D eigenvalue weighted by molar-refractivity contribution is 7.10. The highest BCUT2D eigenvalue weighted by Gasteiger charge is 2.28. The number of hydrogen-bond acceptors (Lipinski definition) is 3. The SMILES string of the molecule is CC(C)C1CCCCC1NCC(c1cccs1)N(C)C. The summed E-state index contributed by atoms with van der Waals surface area (Å²) in [6, 6.07) is 5.64. The second kappa shape index (κ2) is 7.58. The molecule has 1 aromatic heterocycles. The highest BCUT2D eigenvalue weighted by atomic mass is 32.1. The molecule has 1 fully saturated rings. The van der Waals surface area contributed by atoms with E-state index in [2.05, 4.69) is 55.7 Å². The molecule has 0 spiro atoms. The van der Waals surface area contributed by atoms with Gasteiger partial charge in [0.25, 0.3) is 0 Å². The van der Waals surface area contributed by atoms with E-state index in [0.29, 0.717) is 12.1 Å². The van der Waals surface area contributed by atoms with Crippen molar-refractivity contribution >= 4 is 11.3 Å². The van der Waals surface area contributed by atoms with Gasteiger partial charge in [-0.1, -0.05) is 32.8 Å². The van der Waals surface area contributed by atoms with E-state index < -0.39 is 0 Å². The average molecular weight is 295 g/mol. The van der Waals surface area contributed by atoms with Gasteiger partial charge in [-0.2, -0.15) is 0 Å². The number of thiophene rings is 1. The first-order chi connectivity index (χ1) is 9.59. The largest absolute Gasteiger partial charge is 0.312 e. The van der Waals surface area contributed by atoms with E-state index in [4.69, 9.17) is 0 Å². The molecule has 1 aromatic rings. The molecule has 1 aliphatic carbocycles. The van der Waals surface area contributed by atoms with Crippen LogP contribution in [-0.2, 0) is 0 Å². The van der Waals surface area contributed by atoms with Gasteiger partial charge in [-0.25, -0.2) is 0 Å². The number of likely N-dealkylation sites (N-methyl/N-ethyl adjacent to an activating group) is 1. The Balaban J connectivity index is 1.94. The number of hydrogen-bond donors (Lipinski definition) is 1. The maximum Gasteiger partial charge on any atom is 0.0561 e. The van der Waals surface area contributed by atoms with E-state index in [1.807, 2.05) is 11.3 Å². The maximum absolute atomic E-state index is 3.89.